The van der Waals surface area contributed by atoms with Crippen LogP contribution < -0.4 is 10.1 Å². The summed E-state index contributed by atoms with van der Waals surface area (Å²) in [6.07, 6.45) is 0. The first-order valence-corrected chi connectivity index (χ1v) is 11.8. The molecule has 0 saturated heterocycles. The lowest BCUT2D eigenvalue weighted by molar-refractivity contribution is -0.142. The molecule has 2 amide bonds. The number of amides is 2. The van der Waals surface area contributed by atoms with Gasteiger partial charge in [0.2, 0.25) is 5.91 Å². The highest BCUT2D eigenvalue weighted by atomic mass is 79.9. The molecule has 0 heterocycles. The zero-order valence-electron chi connectivity index (χ0n) is 20.5. The van der Waals surface area contributed by atoms with Gasteiger partial charge in [-0.05, 0) is 84.4 Å². The van der Waals surface area contributed by atoms with Crippen LogP contribution in [0, 0.1) is 5.82 Å². The Kier molecular flexibility index (Phi) is 8.69. The van der Waals surface area contributed by atoms with Crippen LogP contribution in [0.2, 0.25) is 0 Å². The van der Waals surface area contributed by atoms with E-state index in [2.05, 4.69) is 42.0 Å². The van der Waals surface area contributed by atoms with Gasteiger partial charge < -0.3 is 15.0 Å². The molecule has 1 atom stereocenters. The largest absolute Gasteiger partial charge is 0.483 e. The maximum absolute atomic E-state index is 13.3. The standard InChI is InChI=1S/C26H34BrFN2O3/c1-17(24(32)29-26(5,6)7)30(15-18-8-11-20(28)12-9-18)23(31)16-33-22-13-10-19(14-21(22)27)25(2,3)4/h8-14,17H,15-16H2,1-7H3,(H,29,32)/t17-/m0/s1. The van der Waals surface area contributed by atoms with E-state index in [4.69, 9.17) is 4.74 Å². The summed E-state index contributed by atoms with van der Waals surface area (Å²) in [6, 6.07) is 10.9. The average Bonchev–Trinajstić information content (AvgIpc) is 2.69. The van der Waals surface area contributed by atoms with Crippen molar-refractivity contribution in [3.63, 3.8) is 0 Å². The van der Waals surface area contributed by atoms with Crippen LogP contribution in [-0.4, -0.2) is 34.9 Å². The Labute approximate surface area is 204 Å². The van der Waals surface area contributed by atoms with Gasteiger partial charge in [0.05, 0.1) is 4.47 Å². The Morgan fingerprint density at radius 2 is 1.67 bits per heavy atom. The van der Waals surface area contributed by atoms with Gasteiger partial charge >= 0.3 is 0 Å². The predicted octanol–water partition coefficient (Wildman–Crippen LogP) is 5.60. The SMILES string of the molecule is C[C@@H](C(=O)NC(C)(C)C)N(Cc1ccc(F)cc1)C(=O)COc1ccc(C(C)(C)C)cc1Br. The number of benzene rings is 2. The molecule has 33 heavy (non-hydrogen) atoms. The van der Waals surface area contributed by atoms with Crippen LogP contribution in [-0.2, 0) is 21.5 Å². The quantitative estimate of drug-likeness (QED) is 0.517. The van der Waals surface area contributed by atoms with Crippen LogP contribution in [0.1, 0.15) is 59.6 Å². The fraction of sp³-hybridized carbons (Fsp3) is 0.462. The van der Waals surface area contributed by atoms with Crippen LogP contribution in [0.3, 0.4) is 0 Å². The van der Waals surface area contributed by atoms with Crippen molar-refractivity contribution in [1.29, 1.82) is 0 Å². The Morgan fingerprint density at radius 3 is 2.18 bits per heavy atom. The average molecular weight is 521 g/mol. The lowest BCUT2D eigenvalue weighted by Crippen LogP contribution is -2.53. The number of nitrogens with zero attached hydrogens (tertiary/aromatic N) is 1. The first kappa shape index (κ1) is 26.8. The summed E-state index contributed by atoms with van der Waals surface area (Å²) in [5.74, 6) is -0.428. The van der Waals surface area contributed by atoms with E-state index in [0.717, 1.165) is 15.6 Å². The highest BCUT2D eigenvalue weighted by Crippen LogP contribution is 2.31. The minimum Gasteiger partial charge on any atom is -0.483 e. The van der Waals surface area contributed by atoms with Gasteiger partial charge in [-0.2, -0.15) is 0 Å². The molecule has 0 aromatic heterocycles. The second kappa shape index (κ2) is 10.7. The molecule has 0 spiro atoms. The van der Waals surface area contributed by atoms with E-state index in [9.17, 15) is 14.0 Å². The summed E-state index contributed by atoms with van der Waals surface area (Å²) >= 11 is 3.52. The van der Waals surface area contributed by atoms with E-state index in [-0.39, 0.29) is 36.2 Å². The molecule has 5 nitrogen and oxygen atoms in total. The minimum absolute atomic E-state index is 0.0152. The Bertz CT molecular complexity index is 979. The molecule has 0 radical (unpaired) electrons. The lowest BCUT2D eigenvalue weighted by Gasteiger charge is -2.31. The Balaban J connectivity index is 2.20. The third kappa shape index (κ3) is 8.14. The van der Waals surface area contributed by atoms with Crippen molar-refractivity contribution in [2.24, 2.45) is 0 Å². The van der Waals surface area contributed by atoms with E-state index in [1.54, 1.807) is 19.1 Å². The molecule has 0 aliphatic carbocycles. The van der Waals surface area contributed by atoms with E-state index in [1.165, 1.54) is 17.0 Å². The van der Waals surface area contributed by atoms with Crippen molar-refractivity contribution in [3.05, 3.63) is 63.9 Å². The predicted molar refractivity (Wildman–Crippen MR) is 133 cm³/mol. The maximum Gasteiger partial charge on any atom is 0.261 e. The molecular weight excluding hydrogens is 487 g/mol. The van der Waals surface area contributed by atoms with Crippen LogP contribution in [0.4, 0.5) is 4.39 Å². The maximum atomic E-state index is 13.3. The molecule has 180 valence electrons. The smallest absolute Gasteiger partial charge is 0.261 e. The molecule has 0 aliphatic heterocycles. The summed E-state index contributed by atoms with van der Waals surface area (Å²) in [5, 5.41) is 2.91. The molecule has 2 aromatic rings. The zero-order chi connectivity index (χ0) is 25.0. The van der Waals surface area contributed by atoms with Gasteiger partial charge in [-0.25, -0.2) is 4.39 Å². The van der Waals surface area contributed by atoms with E-state index in [0.29, 0.717) is 5.75 Å². The fourth-order valence-corrected chi connectivity index (χ4v) is 3.64. The van der Waals surface area contributed by atoms with E-state index >= 15 is 0 Å². The summed E-state index contributed by atoms with van der Waals surface area (Å²) in [7, 11) is 0. The van der Waals surface area contributed by atoms with Crippen molar-refractivity contribution >= 4 is 27.7 Å². The molecule has 0 unspecified atom stereocenters. The molecule has 7 heteroatoms. The third-order valence-electron chi connectivity index (χ3n) is 5.08. The minimum atomic E-state index is -0.739. The van der Waals surface area contributed by atoms with Crippen molar-refractivity contribution in [3.8, 4) is 5.75 Å². The zero-order valence-corrected chi connectivity index (χ0v) is 22.0. The highest BCUT2D eigenvalue weighted by molar-refractivity contribution is 9.10. The highest BCUT2D eigenvalue weighted by Gasteiger charge is 2.29. The number of ether oxygens (including phenoxy) is 1. The molecule has 1 N–H and O–H groups in total. The molecular formula is C26H34BrFN2O3. The monoisotopic (exact) mass is 520 g/mol. The number of hydrogen-bond acceptors (Lipinski definition) is 3. The molecule has 2 aromatic carbocycles. The van der Waals surface area contributed by atoms with Crippen molar-refractivity contribution in [2.75, 3.05) is 6.61 Å². The Hall–Kier alpha value is -2.41. The third-order valence-corrected chi connectivity index (χ3v) is 5.70. The van der Waals surface area contributed by atoms with Gasteiger partial charge in [0.1, 0.15) is 17.6 Å². The van der Waals surface area contributed by atoms with Crippen molar-refractivity contribution in [2.45, 2.75) is 72.0 Å². The van der Waals surface area contributed by atoms with Crippen molar-refractivity contribution < 1.29 is 18.7 Å². The molecule has 0 bridgehead atoms. The van der Waals surface area contributed by atoms with Crippen LogP contribution >= 0.6 is 15.9 Å². The number of halogens is 2. The van der Waals surface area contributed by atoms with Crippen LogP contribution in [0.25, 0.3) is 0 Å². The number of rotatable bonds is 7. The second-order valence-corrected chi connectivity index (χ2v) is 11.1. The molecule has 0 fully saturated rings. The van der Waals surface area contributed by atoms with Gasteiger partial charge in [-0.3, -0.25) is 9.59 Å². The van der Waals surface area contributed by atoms with Gasteiger partial charge in [-0.1, -0.05) is 39.0 Å². The van der Waals surface area contributed by atoms with Gasteiger partial charge in [0, 0.05) is 12.1 Å². The lowest BCUT2D eigenvalue weighted by atomic mass is 9.87. The Morgan fingerprint density at radius 1 is 1.06 bits per heavy atom. The van der Waals surface area contributed by atoms with Gasteiger partial charge in [-0.15, -0.1) is 0 Å². The second-order valence-electron chi connectivity index (χ2n) is 10.2. The van der Waals surface area contributed by atoms with E-state index in [1.807, 2.05) is 39.0 Å². The summed E-state index contributed by atoms with van der Waals surface area (Å²) in [4.78, 5) is 27.4. The normalized spacial score (nSPS) is 12.8. The topological polar surface area (TPSA) is 58.6 Å². The number of hydrogen-bond donors (Lipinski definition) is 1. The molecule has 0 aliphatic rings. The molecule has 2 rings (SSSR count). The number of nitrogens with one attached hydrogen (secondary N) is 1. The molecule has 0 saturated carbocycles. The van der Waals surface area contributed by atoms with Gasteiger partial charge in [0.15, 0.2) is 6.61 Å². The van der Waals surface area contributed by atoms with Gasteiger partial charge in [0.25, 0.3) is 5.91 Å². The first-order chi connectivity index (χ1) is 15.2. The van der Waals surface area contributed by atoms with Crippen molar-refractivity contribution in [1.82, 2.24) is 10.2 Å². The summed E-state index contributed by atoms with van der Waals surface area (Å²) in [6.45, 7) is 13.6. The van der Waals surface area contributed by atoms with Crippen LogP contribution in [0.5, 0.6) is 5.75 Å². The summed E-state index contributed by atoms with van der Waals surface area (Å²) < 4.78 is 19.9. The van der Waals surface area contributed by atoms with E-state index < -0.39 is 11.6 Å². The number of carbonyl (C=O) groups is 2. The van der Waals surface area contributed by atoms with Crippen LogP contribution in [0.15, 0.2) is 46.9 Å². The summed E-state index contributed by atoms with van der Waals surface area (Å²) in [5.41, 5.74) is 1.40. The number of carbonyl (C=O) groups excluding carboxylic acids is 2. The fourth-order valence-electron chi connectivity index (χ4n) is 3.15. The first-order valence-electron chi connectivity index (χ1n) is 11.0.